The van der Waals surface area contributed by atoms with Gasteiger partial charge in [-0.15, -0.1) is 0 Å². The zero-order valence-corrected chi connectivity index (χ0v) is 10.9. The van der Waals surface area contributed by atoms with Crippen LogP contribution in [0.4, 0.5) is 5.69 Å². The Morgan fingerprint density at radius 1 is 1.59 bits per heavy atom. The molecule has 0 bridgehead atoms. The van der Waals surface area contributed by atoms with Gasteiger partial charge in [-0.25, -0.2) is 0 Å². The van der Waals surface area contributed by atoms with Crippen molar-refractivity contribution in [2.24, 2.45) is 5.73 Å². The molecule has 0 saturated carbocycles. The Hall–Kier alpha value is -1.69. The van der Waals surface area contributed by atoms with Crippen LogP contribution in [0.3, 0.4) is 0 Å². The maximum absolute atomic E-state index is 11.7. The molecule has 6 heteroatoms. The Morgan fingerprint density at radius 2 is 2.24 bits per heavy atom. The van der Waals surface area contributed by atoms with Crippen LogP contribution in [0.2, 0.25) is 0 Å². The second kappa shape index (κ2) is 5.58. The van der Waals surface area contributed by atoms with Crippen LogP contribution in [0.15, 0.2) is 18.3 Å². The Kier molecular flexibility index (Phi) is 4.39. The fourth-order valence-corrected chi connectivity index (χ4v) is 1.47. The number of hydrogen-bond donors (Lipinski definition) is 2. The lowest BCUT2D eigenvalue weighted by molar-refractivity contribution is -0.129. The van der Waals surface area contributed by atoms with E-state index in [1.807, 2.05) is 0 Å². The summed E-state index contributed by atoms with van der Waals surface area (Å²) in [5.41, 5.74) is 6.79. The molecule has 0 aliphatic heterocycles. The standard InChI is InChI=1S/C11H16N4OS/c1-7(11(16)15(2)3)14-8-4-5-13-9(6-8)10(12)17/h4-7H,1-3H3,(H2,12,17)(H,13,14). The highest BCUT2D eigenvalue weighted by molar-refractivity contribution is 7.80. The number of nitrogens with two attached hydrogens (primary N) is 1. The van der Waals surface area contributed by atoms with E-state index in [0.717, 1.165) is 5.69 Å². The summed E-state index contributed by atoms with van der Waals surface area (Å²) in [5.74, 6) is -0.00122. The first-order valence-electron chi connectivity index (χ1n) is 5.15. The van der Waals surface area contributed by atoms with Gasteiger partial charge in [-0.2, -0.15) is 0 Å². The molecule has 0 spiro atoms. The zero-order chi connectivity index (χ0) is 13.0. The van der Waals surface area contributed by atoms with Gasteiger partial charge >= 0.3 is 0 Å². The van der Waals surface area contributed by atoms with Crippen molar-refractivity contribution in [2.75, 3.05) is 19.4 Å². The molecule has 1 heterocycles. The van der Waals surface area contributed by atoms with Crippen molar-refractivity contribution >= 4 is 28.8 Å². The van der Waals surface area contributed by atoms with Crippen LogP contribution in [0.25, 0.3) is 0 Å². The van der Waals surface area contributed by atoms with Crippen molar-refractivity contribution < 1.29 is 4.79 Å². The van der Waals surface area contributed by atoms with E-state index in [-0.39, 0.29) is 16.9 Å². The van der Waals surface area contributed by atoms with Gasteiger partial charge < -0.3 is 16.0 Å². The SMILES string of the molecule is CC(Nc1ccnc(C(N)=S)c1)C(=O)N(C)C. The lowest BCUT2D eigenvalue weighted by Crippen LogP contribution is -2.36. The number of thiocarbonyl (C=S) groups is 1. The van der Waals surface area contributed by atoms with E-state index in [4.69, 9.17) is 18.0 Å². The summed E-state index contributed by atoms with van der Waals surface area (Å²) < 4.78 is 0. The van der Waals surface area contributed by atoms with Crippen LogP contribution in [0.1, 0.15) is 12.6 Å². The smallest absolute Gasteiger partial charge is 0.244 e. The minimum Gasteiger partial charge on any atom is -0.388 e. The third-order valence-corrected chi connectivity index (χ3v) is 2.42. The van der Waals surface area contributed by atoms with E-state index in [2.05, 4.69) is 10.3 Å². The number of likely N-dealkylation sites (N-methyl/N-ethyl adjacent to an activating group) is 1. The van der Waals surface area contributed by atoms with E-state index in [1.54, 1.807) is 39.3 Å². The molecule has 0 radical (unpaired) electrons. The van der Waals surface area contributed by atoms with Crippen molar-refractivity contribution in [1.29, 1.82) is 0 Å². The molecular formula is C11H16N4OS. The minimum atomic E-state index is -0.313. The molecule has 1 amide bonds. The van der Waals surface area contributed by atoms with Gasteiger partial charge in [0.2, 0.25) is 5.91 Å². The molecule has 1 aromatic heterocycles. The van der Waals surface area contributed by atoms with E-state index >= 15 is 0 Å². The number of aromatic nitrogens is 1. The maximum atomic E-state index is 11.7. The topological polar surface area (TPSA) is 71.2 Å². The number of rotatable bonds is 4. The van der Waals surface area contributed by atoms with Gasteiger partial charge in [0, 0.05) is 26.0 Å². The highest BCUT2D eigenvalue weighted by Crippen LogP contribution is 2.10. The first kappa shape index (κ1) is 13.4. The second-order valence-electron chi connectivity index (χ2n) is 3.89. The highest BCUT2D eigenvalue weighted by atomic mass is 32.1. The van der Waals surface area contributed by atoms with Gasteiger partial charge in [-0.05, 0) is 19.1 Å². The average Bonchev–Trinajstić information content (AvgIpc) is 2.28. The molecule has 1 atom stereocenters. The van der Waals surface area contributed by atoms with Gasteiger partial charge in [0.15, 0.2) is 0 Å². The summed E-state index contributed by atoms with van der Waals surface area (Å²) in [6, 6.07) is 3.18. The van der Waals surface area contributed by atoms with Crippen LogP contribution < -0.4 is 11.1 Å². The quantitative estimate of drug-likeness (QED) is 0.768. The van der Waals surface area contributed by atoms with Gasteiger partial charge in [-0.1, -0.05) is 12.2 Å². The van der Waals surface area contributed by atoms with Crippen LogP contribution in [0, 0.1) is 0 Å². The van der Waals surface area contributed by atoms with Crippen LogP contribution >= 0.6 is 12.2 Å². The molecule has 0 aliphatic carbocycles. The number of pyridine rings is 1. The van der Waals surface area contributed by atoms with Crippen molar-refractivity contribution in [3.8, 4) is 0 Å². The molecule has 1 unspecified atom stereocenters. The molecule has 5 nitrogen and oxygen atoms in total. The normalized spacial score (nSPS) is 11.7. The zero-order valence-electron chi connectivity index (χ0n) is 10.1. The van der Waals surface area contributed by atoms with Crippen molar-refractivity contribution in [1.82, 2.24) is 9.88 Å². The highest BCUT2D eigenvalue weighted by Gasteiger charge is 2.14. The Morgan fingerprint density at radius 3 is 2.76 bits per heavy atom. The molecule has 1 aromatic rings. The molecule has 17 heavy (non-hydrogen) atoms. The summed E-state index contributed by atoms with van der Waals surface area (Å²) in [7, 11) is 3.43. The predicted octanol–water partition coefficient (Wildman–Crippen LogP) is 0.604. The fourth-order valence-electron chi connectivity index (χ4n) is 1.35. The van der Waals surface area contributed by atoms with Crippen molar-refractivity contribution in [3.05, 3.63) is 24.0 Å². The molecule has 1 rings (SSSR count). The fraction of sp³-hybridized carbons (Fsp3) is 0.364. The van der Waals surface area contributed by atoms with E-state index in [1.165, 1.54) is 4.90 Å². The molecule has 92 valence electrons. The second-order valence-corrected chi connectivity index (χ2v) is 4.33. The van der Waals surface area contributed by atoms with Gasteiger partial charge in [-0.3, -0.25) is 9.78 Å². The number of carbonyl (C=O) groups excluding carboxylic acids is 1. The molecule has 0 aromatic carbocycles. The Bertz CT molecular complexity index is 433. The van der Waals surface area contributed by atoms with Gasteiger partial charge in [0.05, 0.1) is 5.69 Å². The lowest BCUT2D eigenvalue weighted by atomic mass is 10.2. The third kappa shape index (κ3) is 3.67. The first-order valence-corrected chi connectivity index (χ1v) is 5.56. The number of anilines is 1. The monoisotopic (exact) mass is 252 g/mol. The molecular weight excluding hydrogens is 236 g/mol. The van der Waals surface area contributed by atoms with Crippen LogP contribution in [0.5, 0.6) is 0 Å². The summed E-state index contributed by atoms with van der Waals surface area (Å²) in [5, 5.41) is 3.07. The largest absolute Gasteiger partial charge is 0.388 e. The summed E-state index contributed by atoms with van der Waals surface area (Å²) in [6.07, 6.45) is 1.60. The molecule has 0 fully saturated rings. The third-order valence-electron chi connectivity index (χ3n) is 2.21. The van der Waals surface area contributed by atoms with E-state index in [0.29, 0.717) is 5.69 Å². The number of amides is 1. The summed E-state index contributed by atoms with van der Waals surface area (Å²) in [6.45, 7) is 1.79. The van der Waals surface area contributed by atoms with Crippen molar-refractivity contribution in [2.45, 2.75) is 13.0 Å². The van der Waals surface area contributed by atoms with Crippen molar-refractivity contribution in [3.63, 3.8) is 0 Å². The Labute approximate surface area is 106 Å². The number of hydrogen-bond acceptors (Lipinski definition) is 4. The maximum Gasteiger partial charge on any atom is 0.244 e. The van der Waals surface area contributed by atoms with Gasteiger partial charge in [0.1, 0.15) is 11.0 Å². The summed E-state index contributed by atoms with van der Waals surface area (Å²) >= 11 is 4.84. The average molecular weight is 252 g/mol. The number of nitrogens with one attached hydrogen (secondary N) is 1. The lowest BCUT2D eigenvalue weighted by Gasteiger charge is -2.19. The minimum absolute atomic E-state index is 0.00122. The van der Waals surface area contributed by atoms with Crippen LogP contribution in [-0.4, -0.2) is 40.9 Å². The van der Waals surface area contributed by atoms with Crippen LogP contribution in [-0.2, 0) is 4.79 Å². The predicted molar refractivity (Wildman–Crippen MR) is 71.9 cm³/mol. The number of carbonyl (C=O) groups is 1. The van der Waals surface area contributed by atoms with Gasteiger partial charge in [0.25, 0.3) is 0 Å². The summed E-state index contributed by atoms with van der Waals surface area (Å²) in [4.78, 5) is 17.5. The number of nitrogens with zero attached hydrogens (tertiary/aromatic N) is 2. The first-order chi connectivity index (χ1) is 7.91. The molecule has 0 saturated heterocycles. The van der Waals surface area contributed by atoms with E-state index < -0.39 is 0 Å². The van der Waals surface area contributed by atoms with E-state index in [9.17, 15) is 4.79 Å². The molecule has 0 aliphatic rings. The Balaban J connectivity index is 2.78. The molecule has 3 N–H and O–H groups in total.